The number of ether oxygens (including phenoxy) is 4. The van der Waals surface area contributed by atoms with Gasteiger partial charge in [0.25, 0.3) is 5.91 Å². The predicted molar refractivity (Wildman–Crippen MR) is 99.9 cm³/mol. The van der Waals surface area contributed by atoms with Crippen molar-refractivity contribution in [1.82, 2.24) is 4.90 Å². The van der Waals surface area contributed by atoms with Crippen LogP contribution in [0.3, 0.4) is 0 Å². The molecule has 0 fully saturated rings. The van der Waals surface area contributed by atoms with Crippen LogP contribution in [0.15, 0.2) is 23.6 Å². The summed E-state index contributed by atoms with van der Waals surface area (Å²) in [4.78, 5) is 28.3. The van der Waals surface area contributed by atoms with Gasteiger partial charge >= 0.3 is 5.97 Å². The van der Waals surface area contributed by atoms with Crippen LogP contribution in [0, 0.1) is 0 Å². The van der Waals surface area contributed by atoms with E-state index >= 15 is 0 Å². The van der Waals surface area contributed by atoms with E-state index in [4.69, 9.17) is 18.9 Å². The van der Waals surface area contributed by atoms with E-state index in [9.17, 15) is 9.59 Å². The predicted octanol–water partition coefficient (Wildman–Crippen LogP) is 2.69. The summed E-state index contributed by atoms with van der Waals surface area (Å²) in [5, 5.41) is 1.92. The first-order valence-electron chi connectivity index (χ1n) is 8.30. The highest BCUT2D eigenvalue weighted by atomic mass is 32.1. The zero-order valence-corrected chi connectivity index (χ0v) is 16.4. The second kappa shape index (κ2) is 7.87. The minimum atomic E-state index is -0.767. The Morgan fingerprint density at radius 1 is 1.07 bits per heavy atom. The molecular weight excluding hydrogens is 370 g/mol. The highest BCUT2D eigenvalue weighted by Crippen LogP contribution is 2.40. The summed E-state index contributed by atoms with van der Waals surface area (Å²) in [5.41, 5.74) is 1.16. The molecule has 7 nitrogen and oxygen atoms in total. The maximum Gasteiger partial charge on any atom is 0.333 e. The monoisotopic (exact) mass is 391 g/mol. The first-order chi connectivity index (χ1) is 13.0. The molecule has 1 aliphatic rings. The largest absolute Gasteiger partial charge is 0.493 e. The Labute approximate surface area is 161 Å². The number of hydrogen-bond acceptors (Lipinski definition) is 7. The third-order valence-corrected chi connectivity index (χ3v) is 5.56. The van der Waals surface area contributed by atoms with Crippen molar-refractivity contribution in [3.8, 4) is 17.2 Å². The molecule has 0 aliphatic carbocycles. The van der Waals surface area contributed by atoms with E-state index < -0.39 is 12.0 Å². The second-order valence-corrected chi connectivity index (χ2v) is 6.89. The molecule has 0 saturated carbocycles. The average molecular weight is 391 g/mol. The number of fused-ring (bicyclic) bond motifs is 1. The Kier molecular flexibility index (Phi) is 5.55. The lowest BCUT2D eigenvalue weighted by atomic mass is 9.98. The first-order valence-corrected chi connectivity index (χ1v) is 9.18. The molecule has 2 aromatic rings. The van der Waals surface area contributed by atoms with E-state index in [2.05, 4.69) is 0 Å². The summed E-state index contributed by atoms with van der Waals surface area (Å²) in [7, 11) is 5.80. The number of benzene rings is 1. The molecule has 3 rings (SSSR count). The molecule has 144 valence electrons. The van der Waals surface area contributed by atoms with E-state index in [1.165, 1.54) is 33.3 Å². The molecule has 1 atom stereocenters. The Balaban J connectivity index is 2.03. The third kappa shape index (κ3) is 3.32. The Bertz CT molecular complexity index is 837. The zero-order chi connectivity index (χ0) is 19.6. The fourth-order valence-corrected chi connectivity index (χ4v) is 4.18. The molecule has 1 unspecified atom stereocenters. The molecule has 1 aliphatic heterocycles. The van der Waals surface area contributed by atoms with Crippen molar-refractivity contribution < 1.29 is 28.5 Å². The number of methoxy groups -OCH3 is 4. The van der Waals surface area contributed by atoms with Gasteiger partial charge < -0.3 is 23.8 Å². The summed E-state index contributed by atoms with van der Waals surface area (Å²) in [6.07, 6.45) is 0.691. The van der Waals surface area contributed by atoms with E-state index in [0.29, 0.717) is 35.8 Å². The zero-order valence-electron chi connectivity index (χ0n) is 15.6. The number of thiophene rings is 1. The van der Waals surface area contributed by atoms with Crippen LogP contribution < -0.4 is 14.2 Å². The molecule has 1 aromatic heterocycles. The number of hydrogen-bond donors (Lipinski definition) is 0. The molecule has 0 saturated heterocycles. The van der Waals surface area contributed by atoms with Gasteiger partial charge in [0.1, 0.15) is 0 Å². The number of carbonyl (C=O) groups excluding carboxylic acids is 2. The maximum atomic E-state index is 13.3. The smallest absolute Gasteiger partial charge is 0.333 e. The van der Waals surface area contributed by atoms with Crippen molar-refractivity contribution in [3.05, 3.63) is 39.6 Å². The van der Waals surface area contributed by atoms with E-state index in [0.717, 1.165) is 10.4 Å². The topological polar surface area (TPSA) is 74.3 Å². The molecule has 27 heavy (non-hydrogen) atoms. The van der Waals surface area contributed by atoms with Crippen molar-refractivity contribution in [3.63, 3.8) is 0 Å². The van der Waals surface area contributed by atoms with Gasteiger partial charge in [-0.15, -0.1) is 11.3 Å². The molecule has 1 amide bonds. The molecule has 0 radical (unpaired) electrons. The van der Waals surface area contributed by atoms with Gasteiger partial charge in [0.05, 0.1) is 28.4 Å². The number of rotatable bonds is 5. The number of amides is 1. The minimum absolute atomic E-state index is 0.304. The van der Waals surface area contributed by atoms with Crippen molar-refractivity contribution in [2.75, 3.05) is 35.0 Å². The molecule has 8 heteroatoms. The summed E-state index contributed by atoms with van der Waals surface area (Å²) in [5.74, 6) is 0.391. The first kappa shape index (κ1) is 19.0. The summed E-state index contributed by atoms with van der Waals surface area (Å²) in [6.45, 7) is 0.419. The number of nitrogens with zero attached hydrogens (tertiary/aromatic N) is 1. The van der Waals surface area contributed by atoms with Crippen LogP contribution in [0.5, 0.6) is 17.2 Å². The minimum Gasteiger partial charge on any atom is -0.493 e. The lowest BCUT2D eigenvalue weighted by molar-refractivity contribution is -0.146. The normalized spacial score (nSPS) is 15.7. The quantitative estimate of drug-likeness (QED) is 0.730. The van der Waals surface area contributed by atoms with E-state index in [1.54, 1.807) is 23.5 Å². The van der Waals surface area contributed by atoms with Crippen LogP contribution in [-0.4, -0.2) is 51.8 Å². The van der Waals surface area contributed by atoms with Crippen LogP contribution in [0.25, 0.3) is 0 Å². The van der Waals surface area contributed by atoms with E-state index in [1.807, 2.05) is 11.4 Å². The van der Waals surface area contributed by atoms with Gasteiger partial charge in [0.15, 0.2) is 17.5 Å². The molecular formula is C19H21NO6S. The summed E-state index contributed by atoms with van der Waals surface area (Å²) in [6, 6.07) is 4.27. The van der Waals surface area contributed by atoms with Gasteiger partial charge in [0.2, 0.25) is 5.75 Å². The van der Waals surface area contributed by atoms with Crippen molar-refractivity contribution in [2.45, 2.75) is 12.5 Å². The highest BCUT2D eigenvalue weighted by molar-refractivity contribution is 7.10. The lowest BCUT2D eigenvalue weighted by Gasteiger charge is -2.34. The average Bonchev–Trinajstić information content (AvgIpc) is 3.19. The SMILES string of the molecule is COC(=O)C1c2ccsc2CCN1C(=O)c1cc(OC)c(OC)c(OC)c1. The highest BCUT2D eigenvalue weighted by Gasteiger charge is 2.38. The lowest BCUT2D eigenvalue weighted by Crippen LogP contribution is -2.43. The van der Waals surface area contributed by atoms with Crippen molar-refractivity contribution in [1.29, 1.82) is 0 Å². The molecule has 0 bridgehead atoms. The van der Waals surface area contributed by atoms with Gasteiger partial charge in [-0.1, -0.05) is 0 Å². The van der Waals surface area contributed by atoms with Gasteiger partial charge in [-0.05, 0) is 35.6 Å². The van der Waals surface area contributed by atoms with Crippen LogP contribution in [0.2, 0.25) is 0 Å². The Morgan fingerprint density at radius 3 is 2.30 bits per heavy atom. The Morgan fingerprint density at radius 2 is 1.74 bits per heavy atom. The van der Waals surface area contributed by atoms with Gasteiger partial charge in [-0.2, -0.15) is 0 Å². The van der Waals surface area contributed by atoms with E-state index in [-0.39, 0.29) is 5.91 Å². The van der Waals surface area contributed by atoms with Crippen LogP contribution in [0.1, 0.15) is 26.8 Å². The maximum absolute atomic E-state index is 13.3. The third-order valence-electron chi connectivity index (χ3n) is 4.56. The number of carbonyl (C=O) groups is 2. The summed E-state index contributed by atoms with van der Waals surface area (Å²) < 4.78 is 20.9. The number of esters is 1. The molecule has 0 N–H and O–H groups in total. The standard InChI is InChI=1S/C19H21NO6S/c1-23-13-9-11(10-14(24-2)17(13)25-3)18(21)20-7-5-15-12(6-8-27-15)16(20)19(22)26-4/h6,8-10,16H,5,7H2,1-4H3. The molecule has 2 heterocycles. The fourth-order valence-electron chi connectivity index (χ4n) is 3.27. The van der Waals surface area contributed by atoms with Crippen LogP contribution in [-0.2, 0) is 16.0 Å². The summed E-state index contributed by atoms with van der Waals surface area (Å²) >= 11 is 1.58. The molecule has 0 spiro atoms. The van der Waals surface area contributed by atoms with Gasteiger partial charge in [0, 0.05) is 17.0 Å². The Hall–Kier alpha value is -2.74. The second-order valence-electron chi connectivity index (χ2n) is 5.89. The van der Waals surface area contributed by atoms with Crippen LogP contribution >= 0.6 is 11.3 Å². The van der Waals surface area contributed by atoms with Crippen LogP contribution in [0.4, 0.5) is 0 Å². The van der Waals surface area contributed by atoms with Crippen molar-refractivity contribution in [2.24, 2.45) is 0 Å². The fraction of sp³-hybridized carbons (Fsp3) is 0.368. The van der Waals surface area contributed by atoms with Gasteiger partial charge in [-0.25, -0.2) is 4.79 Å². The molecule has 1 aromatic carbocycles. The van der Waals surface area contributed by atoms with Crippen molar-refractivity contribution >= 4 is 23.2 Å². The van der Waals surface area contributed by atoms with Gasteiger partial charge in [-0.3, -0.25) is 4.79 Å².